The third-order valence-electron chi connectivity index (χ3n) is 5.19. The highest BCUT2D eigenvalue weighted by molar-refractivity contribution is 5.92. The number of ether oxygens (including phenoxy) is 1. The molecular formula is C18H29Cl2N3O2. The molecule has 0 radical (unpaired) electrons. The molecule has 7 heteroatoms. The van der Waals surface area contributed by atoms with E-state index in [1.165, 1.54) is 5.56 Å². The Morgan fingerprint density at radius 1 is 1.16 bits per heavy atom. The number of rotatable bonds is 5. The Bertz CT molecular complexity index is 532. The maximum Gasteiger partial charge on any atom is 0.227 e. The van der Waals surface area contributed by atoms with Crippen molar-refractivity contribution in [2.45, 2.75) is 19.9 Å². The molecule has 2 aliphatic rings. The molecular weight excluding hydrogens is 361 g/mol. The number of amides is 1. The molecule has 1 aromatic rings. The van der Waals surface area contributed by atoms with Crippen molar-refractivity contribution in [1.29, 1.82) is 0 Å². The number of halogens is 2. The van der Waals surface area contributed by atoms with Crippen LogP contribution in [0, 0.1) is 11.8 Å². The van der Waals surface area contributed by atoms with Crippen LogP contribution in [0.25, 0.3) is 0 Å². The van der Waals surface area contributed by atoms with Crippen LogP contribution >= 0.6 is 24.8 Å². The molecule has 2 fully saturated rings. The third-order valence-corrected chi connectivity index (χ3v) is 5.19. The minimum Gasteiger partial charge on any atom is -0.379 e. The zero-order valence-corrected chi connectivity index (χ0v) is 16.5. The summed E-state index contributed by atoms with van der Waals surface area (Å²) >= 11 is 0. The highest BCUT2D eigenvalue weighted by atomic mass is 35.5. The molecule has 2 unspecified atom stereocenters. The molecule has 2 heterocycles. The van der Waals surface area contributed by atoms with Gasteiger partial charge in [-0.15, -0.1) is 24.8 Å². The van der Waals surface area contributed by atoms with Gasteiger partial charge in [0.1, 0.15) is 0 Å². The quantitative estimate of drug-likeness (QED) is 0.812. The summed E-state index contributed by atoms with van der Waals surface area (Å²) in [5, 5.41) is 6.25. The minimum atomic E-state index is 0. The normalized spacial score (nSPS) is 20.4. The highest BCUT2D eigenvalue weighted by Gasteiger charge is 2.28. The van der Waals surface area contributed by atoms with Crippen LogP contribution in [0.15, 0.2) is 24.3 Å². The molecule has 142 valence electrons. The Morgan fingerprint density at radius 3 is 2.28 bits per heavy atom. The van der Waals surface area contributed by atoms with Gasteiger partial charge in [-0.25, -0.2) is 0 Å². The van der Waals surface area contributed by atoms with E-state index in [4.69, 9.17) is 4.74 Å². The number of morpholine rings is 1. The van der Waals surface area contributed by atoms with Crippen molar-refractivity contribution in [1.82, 2.24) is 10.2 Å². The van der Waals surface area contributed by atoms with Gasteiger partial charge in [-0.3, -0.25) is 9.69 Å². The molecule has 3 rings (SSSR count). The van der Waals surface area contributed by atoms with Crippen LogP contribution in [0.1, 0.15) is 25.5 Å². The van der Waals surface area contributed by atoms with E-state index in [9.17, 15) is 4.79 Å². The average Bonchev–Trinajstić information content (AvgIpc) is 2.54. The van der Waals surface area contributed by atoms with Crippen molar-refractivity contribution in [3.05, 3.63) is 29.8 Å². The van der Waals surface area contributed by atoms with Crippen molar-refractivity contribution in [2.24, 2.45) is 11.8 Å². The van der Waals surface area contributed by atoms with E-state index in [0.29, 0.717) is 12.0 Å². The minimum absolute atomic E-state index is 0. The standard InChI is InChI=1S/C18H27N3O2.2ClH/c1-13(16-11-19-12-16)18(22)20-17-5-3-15(4-6-17)14(2)21-7-9-23-10-8-21;;/h3-6,13-14,16,19H,7-12H2,1-2H3,(H,20,22);2*1H. The zero-order chi connectivity index (χ0) is 16.2. The first-order valence-corrected chi connectivity index (χ1v) is 8.58. The van der Waals surface area contributed by atoms with Gasteiger partial charge in [0.15, 0.2) is 0 Å². The van der Waals surface area contributed by atoms with Crippen LogP contribution in [0.3, 0.4) is 0 Å². The Kier molecular flexibility index (Phi) is 9.17. The third kappa shape index (κ3) is 5.56. The summed E-state index contributed by atoms with van der Waals surface area (Å²) in [5.41, 5.74) is 2.16. The first-order valence-electron chi connectivity index (χ1n) is 8.58. The van der Waals surface area contributed by atoms with Crippen LogP contribution in [-0.2, 0) is 9.53 Å². The van der Waals surface area contributed by atoms with Gasteiger partial charge in [-0.2, -0.15) is 0 Å². The molecule has 0 bridgehead atoms. The summed E-state index contributed by atoms with van der Waals surface area (Å²) in [6.07, 6.45) is 0. The fraction of sp³-hybridized carbons (Fsp3) is 0.611. The summed E-state index contributed by atoms with van der Waals surface area (Å²) in [7, 11) is 0. The van der Waals surface area contributed by atoms with Crippen LogP contribution in [0.2, 0.25) is 0 Å². The van der Waals surface area contributed by atoms with Crippen molar-refractivity contribution < 1.29 is 9.53 Å². The van der Waals surface area contributed by atoms with E-state index in [-0.39, 0.29) is 36.6 Å². The van der Waals surface area contributed by atoms with Crippen molar-refractivity contribution in [2.75, 3.05) is 44.7 Å². The second kappa shape index (κ2) is 10.3. The summed E-state index contributed by atoms with van der Waals surface area (Å²) in [4.78, 5) is 14.7. The lowest BCUT2D eigenvalue weighted by molar-refractivity contribution is -0.121. The molecule has 25 heavy (non-hydrogen) atoms. The first-order chi connectivity index (χ1) is 11.1. The molecule has 5 nitrogen and oxygen atoms in total. The fourth-order valence-corrected chi connectivity index (χ4v) is 3.16. The van der Waals surface area contributed by atoms with Crippen molar-refractivity contribution in [3.8, 4) is 0 Å². The van der Waals surface area contributed by atoms with E-state index in [2.05, 4.69) is 34.6 Å². The van der Waals surface area contributed by atoms with E-state index in [1.807, 2.05) is 19.1 Å². The highest BCUT2D eigenvalue weighted by Crippen LogP contribution is 2.23. The molecule has 2 N–H and O–H groups in total. The predicted octanol–water partition coefficient (Wildman–Crippen LogP) is 2.72. The van der Waals surface area contributed by atoms with E-state index in [1.54, 1.807) is 0 Å². The number of hydrogen-bond donors (Lipinski definition) is 2. The van der Waals surface area contributed by atoms with Gasteiger partial charge in [0, 0.05) is 30.7 Å². The average molecular weight is 390 g/mol. The van der Waals surface area contributed by atoms with Gasteiger partial charge in [0.05, 0.1) is 13.2 Å². The number of hydrogen-bond acceptors (Lipinski definition) is 4. The number of anilines is 1. The number of carbonyl (C=O) groups is 1. The Labute approximate surface area is 162 Å². The zero-order valence-electron chi connectivity index (χ0n) is 14.9. The molecule has 1 amide bonds. The number of benzene rings is 1. The van der Waals surface area contributed by atoms with Gasteiger partial charge in [0.25, 0.3) is 0 Å². The second-order valence-corrected chi connectivity index (χ2v) is 6.64. The van der Waals surface area contributed by atoms with Crippen LogP contribution in [-0.4, -0.2) is 50.2 Å². The first kappa shape index (κ1) is 22.2. The second-order valence-electron chi connectivity index (χ2n) is 6.64. The maximum atomic E-state index is 12.3. The van der Waals surface area contributed by atoms with E-state index in [0.717, 1.165) is 45.1 Å². The van der Waals surface area contributed by atoms with Gasteiger partial charge in [0.2, 0.25) is 5.91 Å². The Balaban J connectivity index is 0.00000156. The van der Waals surface area contributed by atoms with Gasteiger partial charge in [-0.1, -0.05) is 19.1 Å². The smallest absolute Gasteiger partial charge is 0.227 e. The van der Waals surface area contributed by atoms with Crippen LogP contribution in [0.5, 0.6) is 0 Å². The maximum absolute atomic E-state index is 12.3. The van der Waals surface area contributed by atoms with Crippen LogP contribution < -0.4 is 10.6 Å². The van der Waals surface area contributed by atoms with E-state index >= 15 is 0 Å². The molecule has 1 aromatic carbocycles. The van der Waals surface area contributed by atoms with E-state index < -0.39 is 0 Å². The SMILES string of the molecule is CC(C(=O)Nc1ccc(C(C)N2CCOCC2)cc1)C1CNC1.Cl.Cl. The number of carbonyl (C=O) groups excluding carboxylic acids is 1. The summed E-state index contributed by atoms with van der Waals surface area (Å²) in [5.74, 6) is 0.643. The molecule has 0 spiro atoms. The lowest BCUT2D eigenvalue weighted by atomic mass is 9.88. The van der Waals surface area contributed by atoms with Gasteiger partial charge >= 0.3 is 0 Å². The Hall–Kier alpha value is -0.850. The predicted molar refractivity (Wildman–Crippen MR) is 106 cm³/mol. The molecule has 2 saturated heterocycles. The summed E-state index contributed by atoms with van der Waals surface area (Å²) < 4.78 is 5.41. The fourth-order valence-electron chi connectivity index (χ4n) is 3.16. The lowest BCUT2D eigenvalue weighted by Gasteiger charge is -2.32. The molecule has 0 saturated carbocycles. The van der Waals surface area contributed by atoms with Gasteiger partial charge < -0.3 is 15.4 Å². The summed E-state index contributed by atoms with van der Waals surface area (Å²) in [6, 6.07) is 8.63. The number of nitrogens with zero attached hydrogens (tertiary/aromatic N) is 1. The lowest BCUT2D eigenvalue weighted by Crippen LogP contribution is -2.48. The summed E-state index contributed by atoms with van der Waals surface area (Å²) in [6.45, 7) is 9.72. The van der Waals surface area contributed by atoms with Crippen LogP contribution in [0.4, 0.5) is 5.69 Å². The molecule has 0 aliphatic carbocycles. The molecule has 2 atom stereocenters. The molecule has 2 aliphatic heterocycles. The molecule has 0 aromatic heterocycles. The monoisotopic (exact) mass is 389 g/mol. The number of nitrogens with one attached hydrogen (secondary N) is 2. The van der Waals surface area contributed by atoms with Gasteiger partial charge in [-0.05, 0) is 43.6 Å². The van der Waals surface area contributed by atoms with Crippen molar-refractivity contribution >= 4 is 36.4 Å². The van der Waals surface area contributed by atoms with Crippen molar-refractivity contribution in [3.63, 3.8) is 0 Å². The topological polar surface area (TPSA) is 53.6 Å². The Morgan fingerprint density at radius 2 is 1.76 bits per heavy atom. The largest absolute Gasteiger partial charge is 0.379 e.